The van der Waals surface area contributed by atoms with Gasteiger partial charge in [0.25, 0.3) is 0 Å². The maximum absolute atomic E-state index is 12.2. The molecule has 110 valence electrons. The summed E-state index contributed by atoms with van der Waals surface area (Å²) in [7, 11) is 0. The molecule has 4 nitrogen and oxygen atoms in total. The zero-order valence-corrected chi connectivity index (χ0v) is 12.7. The fourth-order valence-corrected chi connectivity index (χ4v) is 1.82. The van der Waals surface area contributed by atoms with Gasteiger partial charge in [-0.1, -0.05) is 39.3 Å². The maximum atomic E-state index is 12.2. The summed E-state index contributed by atoms with van der Waals surface area (Å²) in [6, 6.07) is 0. The standard InChI is InChI=1S/C15H26O4/c1-6-9-10-11-15(12(4)5,13(16)18-7-2)14(17)19-8-3/h10-12H,6-9H2,1-5H3/b11-10+. The van der Waals surface area contributed by atoms with E-state index in [2.05, 4.69) is 0 Å². The second-order valence-corrected chi connectivity index (χ2v) is 4.66. The van der Waals surface area contributed by atoms with Crippen molar-refractivity contribution in [3.63, 3.8) is 0 Å². The highest BCUT2D eigenvalue weighted by Crippen LogP contribution is 2.33. The molecule has 0 unspecified atom stereocenters. The highest BCUT2D eigenvalue weighted by atomic mass is 16.6. The first-order chi connectivity index (χ1) is 8.97. The second kappa shape index (κ2) is 8.73. The summed E-state index contributed by atoms with van der Waals surface area (Å²) in [4.78, 5) is 24.5. The van der Waals surface area contributed by atoms with Crippen LogP contribution in [0, 0.1) is 11.3 Å². The third-order valence-corrected chi connectivity index (χ3v) is 2.97. The van der Waals surface area contributed by atoms with Crippen molar-refractivity contribution in [1.29, 1.82) is 0 Å². The molecule has 0 bridgehead atoms. The third kappa shape index (κ3) is 4.37. The molecular formula is C15H26O4. The van der Waals surface area contributed by atoms with Gasteiger partial charge >= 0.3 is 11.9 Å². The van der Waals surface area contributed by atoms with Gasteiger partial charge in [0, 0.05) is 0 Å². The molecule has 0 amide bonds. The number of esters is 2. The van der Waals surface area contributed by atoms with Gasteiger partial charge in [-0.05, 0) is 26.2 Å². The summed E-state index contributed by atoms with van der Waals surface area (Å²) in [6.45, 7) is 9.63. The van der Waals surface area contributed by atoms with Crippen LogP contribution in [0.15, 0.2) is 12.2 Å². The summed E-state index contributed by atoms with van der Waals surface area (Å²) in [5.41, 5.74) is -1.33. The zero-order chi connectivity index (χ0) is 14.9. The molecule has 4 heteroatoms. The van der Waals surface area contributed by atoms with Crippen molar-refractivity contribution in [1.82, 2.24) is 0 Å². The zero-order valence-electron chi connectivity index (χ0n) is 12.7. The molecule has 0 aliphatic heterocycles. The molecule has 0 aromatic rings. The average Bonchev–Trinajstić information content (AvgIpc) is 2.34. The fourth-order valence-electron chi connectivity index (χ4n) is 1.82. The molecule has 0 radical (unpaired) electrons. The number of allylic oxidation sites excluding steroid dienone is 1. The van der Waals surface area contributed by atoms with Gasteiger partial charge in [0.1, 0.15) is 0 Å². The Morgan fingerprint density at radius 1 is 1.05 bits per heavy atom. The molecule has 0 rings (SSSR count). The van der Waals surface area contributed by atoms with Crippen molar-refractivity contribution in [2.45, 2.75) is 47.5 Å². The van der Waals surface area contributed by atoms with E-state index >= 15 is 0 Å². The van der Waals surface area contributed by atoms with Gasteiger partial charge in [-0.25, -0.2) is 0 Å². The average molecular weight is 270 g/mol. The van der Waals surface area contributed by atoms with E-state index in [1.807, 2.05) is 26.8 Å². The highest BCUT2D eigenvalue weighted by Gasteiger charge is 2.49. The molecule has 0 aliphatic rings. The van der Waals surface area contributed by atoms with E-state index < -0.39 is 17.4 Å². The lowest BCUT2D eigenvalue weighted by Gasteiger charge is -2.29. The molecular weight excluding hydrogens is 244 g/mol. The molecule has 0 aliphatic carbocycles. The lowest BCUT2D eigenvalue weighted by molar-refractivity contribution is -0.171. The molecule has 0 N–H and O–H groups in total. The molecule has 0 atom stereocenters. The largest absolute Gasteiger partial charge is 0.465 e. The Kier molecular flexibility index (Phi) is 8.12. The number of hydrogen-bond acceptors (Lipinski definition) is 4. The maximum Gasteiger partial charge on any atom is 0.327 e. The Morgan fingerprint density at radius 3 is 1.84 bits per heavy atom. The Morgan fingerprint density at radius 2 is 1.53 bits per heavy atom. The van der Waals surface area contributed by atoms with E-state index in [-0.39, 0.29) is 19.1 Å². The van der Waals surface area contributed by atoms with E-state index in [1.54, 1.807) is 19.9 Å². The Hall–Kier alpha value is -1.32. The van der Waals surface area contributed by atoms with Crippen molar-refractivity contribution in [3.05, 3.63) is 12.2 Å². The quantitative estimate of drug-likeness (QED) is 0.386. The molecule has 0 aromatic carbocycles. The first-order valence-electron chi connectivity index (χ1n) is 6.99. The number of carbonyl (C=O) groups excluding carboxylic acids is 2. The molecule has 0 heterocycles. The SMILES string of the molecule is CCC/C=C/C(C(=O)OCC)(C(=O)OCC)C(C)C. The van der Waals surface area contributed by atoms with Crippen LogP contribution in [0.3, 0.4) is 0 Å². The first kappa shape index (κ1) is 17.7. The van der Waals surface area contributed by atoms with Gasteiger partial charge in [-0.3, -0.25) is 9.59 Å². The number of hydrogen-bond donors (Lipinski definition) is 0. The summed E-state index contributed by atoms with van der Waals surface area (Å²) in [5, 5.41) is 0. The molecule has 0 spiro atoms. The van der Waals surface area contributed by atoms with Crippen LogP contribution in [-0.2, 0) is 19.1 Å². The van der Waals surface area contributed by atoms with Crippen LogP contribution in [-0.4, -0.2) is 25.2 Å². The molecule has 0 saturated heterocycles. The second-order valence-electron chi connectivity index (χ2n) is 4.66. The van der Waals surface area contributed by atoms with Crippen LogP contribution in [0.1, 0.15) is 47.5 Å². The molecule has 19 heavy (non-hydrogen) atoms. The minimum absolute atomic E-state index is 0.223. The van der Waals surface area contributed by atoms with Crippen LogP contribution in [0.25, 0.3) is 0 Å². The van der Waals surface area contributed by atoms with Crippen molar-refractivity contribution in [3.8, 4) is 0 Å². The number of unbranched alkanes of at least 4 members (excludes halogenated alkanes) is 1. The predicted octanol–water partition coefficient (Wildman–Crippen LogP) is 3.11. The minimum atomic E-state index is -1.33. The smallest absolute Gasteiger partial charge is 0.327 e. The Balaban J connectivity index is 5.46. The van der Waals surface area contributed by atoms with Gasteiger partial charge < -0.3 is 9.47 Å². The Bertz CT molecular complexity index is 300. The lowest BCUT2D eigenvalue weighted by Crippen LogP contribution is -2.44. The van der Waals surface area contributed by atoms with E-state index in [0.717, 1.165) is 12.8 Å². The van der Waals surface area contributed by atoms with Crippen LogP contribution < -0.4 is 0 Å². The van der Waals surface area contributed by atoms with Crippen molar-refractivity contribution >= 4 is 11.9 Å². The van der Waals surface area contributed by atoms with Gasteiger partial charge in [-0.15, -0.1) is 0 Å². The number of rotatable bonds is 8. The van der Waals surface area contributed by atoms with Crippen LogP contribution in [0.4, 0.5) is 0 Å². The van der Waals surface area contributed by atoms with Crippen LogP contribution in [0.2, 0.25) is 0 Å². The van der Waals surface area contributed by atoms with Crippen LogP contribution >= 0.6 is 0 Å². The minimum Gasteiger partial charge on any atom is -0.465 e. The van der Waals surface area contributed by atoms with Gasteiger partial charge in [0.15, 0.2) is 5.41 Å². The van der Waals surface area contributed by atoms with Gasteiger partial charge in [0.2, 0.25) is 0 Å². The van der Waals surface area contributed by atoms with Crippen LogP contribution in [0.5, 0.6) is 0 Å². The van der Waals surface area contributed by atoms with Gasteiger partial charge in [0.05, 0.1) is 13.2 Å². The summed E-state index contributed by atoms with van der Waals surface area (Å²) < 4.78 is 10.2. The predicted molar refractivity (Wildman–Crippen MR) is 74.6 cm³/mol. The topological polar surface area (TPSA) is 52.6 Å². The first-order valence-corrected chi connectivity index (χ1v) is 6.99. The Labute approximate surface area is 116 Å². The highest BCUT2D eigenvalue weighted by molar-refractivity contribution is 6.02. The van der Waals surface area contributed by atoms with E-state index in [9.17, 15) is 9.59 Å². The molecule has 0 aromatic heterocycles. The number of ether oxygens (including phenoxy) is 2. The van der Waals surface area contributed by atoms with E-state index in [1.165, 1.54) is 0 Å². The van der Waals surface area contributed by atoms with Crippen molar-refractivity contribution in [2.75, 3.05) is 13.2 Å². The van der Waals surface area contributed by atoms with E-state index in [0.29, 0.717) is 0 Å². The lowest BCUT2D eigenvalue weighted by atomic mass is 9.76. The normalized spacial score (nSPS) is 11.9. The van der Waals surface area contributed by atoms with Crippen molar-refractivity contribution in [2.24, 2.45) is 11.3 Å². The summed E-state index contributed by atoms with van der Waals surface area (Å²) >= 11 is 0. The summed E-state index contributed by atoms with van der Waals surface area (Å²) in [6.07, 6.45) is 5.27. The van der Waals surface area contributed by atoms with E-state index in [4.69, 9.17) is 9.47 Å². The third-order valence-electron chi connectivity index (χ3n) is 2.97. The van der Waals surface area contributed by atoms with Crippen molar-refractivity contribution < 1.29 is 19.1 Å². The monoisotopic (exact) mass is 270 g/mol. The molecule has 0 fully saturated rings. The van der Waals surface area contributed by atoms with Gasteiger partial charge in [-0.2, -0.15) is 0 Å². The fraction of sp³-hybridized carbons (Fsp3) is 0.733. The molecule has 0 saturated carbocycles. The summed E-state index contributed by atoms with van der Waals surface area (Å²) in [5.74, 6) is -1.29. The number of carbonyl (C=O) groups is 2.